The smallest absolute Gasteiger partial charge is 0.313 e. The second-order valence-corrected chi connectivity index (χ2v) is 7.32. The number of benzene rings is 2. The van der Waals surface area contributed by atoms with E-state index in [9.17, 15) is 4.79 Å². The zero-order valence-corrected chi connectivity index (χ0v) is 14.7. The fourth-order valence-electron chi connectivity index (χ4n) is 2.66. The van der Waals surface area contributed by atoms with E-state index in [0.29, 0.717) is 5.16 Å². The minimum atomic E-state index is -0.846. The number of aromatic nitrogens is 2. The zero-order valence-electron chi connectivity index (χ0n) is 13.1. The molecule has 0 fully saturated rings. The topological polar surface area (TPSA) is 66.0 Å². The number of rotatable bonds is 5. The largest absolute Gasteiger partial charge is 0.481 e. The molecule has 0 amide bonds. The van der Waals surface area contributed by atoms with E-state index in [1.54, 1.807) is 11.3 Å². The van der Waals surface area contributed by atoms with Gasteiger partial charge in [0.25, 0.3) is 0 Å². The normalized spacial score (nSPS) is 11.0. The number of imidazole rings is 1. The van der Waals surface area contributed by atoms with Crippen LogP contribution in [0, 0.1) is 0 Å². The summed E-state index contributed by atoms with van der Waals surface area (Å²) in [5.74, 6) is -0.844. The lowest BCUT2D eigenvalue weighted by atomic mass is 10.0. The van der Waals surface area contributed by atoms with Gasteiger partial charge in [0.2, 0.25) is 0 Å². The Kier molecular flexibility index (Phi) is 4.29. The van der Waals surface area contributed by atoms with Gasteiger partial charge >= 0.3 is 5.97 Å². The van der Waals surface area contributed by atoms with Crippen molar-refractivity contribution in [2.75, 3.05) is 5.75 Å². The van der Waals surface area contributed by atoms with Crippen LogP contribution in [0.3, 0.4) is 0 Å². The van der Waals surface area contributed by atoms with E-state index in [-0.39, 0.29) is 5.75 Å². The molecule has 0 radical (unpaired) electrons. The highest BCUT2D eigenvalue weighted by Gasteiger charge is 2.13. The summed E-state index contributed by atoms with van der Waals surface area (Å²) in [5.41, 5.74) is 5.54. The van der Waals surface area contributed by atoms with Gasteiger partial charge in [-0.2, -0.15) is 0 Å². The van der Waals surface area contributed by atoms with Crippen molar-refractivity contribution < 1.29 is 9.90 Å². The Bertz CT molecular complexity index is 1020. The van der Waals surface area contributed by atoms with E-state index < -0.39 is 5.97 Å². The van der Waals surface area contributed by atoms with Crippen molar-refractivity contribution in [3.8, 4) is 22.3 Å². The van der Waals surface area contributed by atoms with Crippen molar-refractivity contribution in [2.24, 2.45) is 0 Å². The maximum atomic E-state index is 10.7. The number of thiophene rings is 1. The number of hydrogen-bond acceptors (Lipinski definition) is 4. The van der Waals surface area contributed by atoms with Gasteiger partial charge in [-0.05, 0) is 16.7 Å². The lowest BCUT2D eigenvalue weighted by Gasteiger charge is -2.03. The molecule has 0 atom stereocenters. The van der Waals surface area contributed by atoms with E-state index in [0.717, 1.165) is 21.5 Å². The number of fused-ring (bicyclic) bond motifs is 1. The van der Waals surface area contributed by atoms with Crippen LogP contribution in [0.1, 0.15) is 0 Å². The van der Waals surface area contributed by atoms with Crippen LogP contribution < -0.4 is 0 Å². The Labute approximate surface area is 152 Å². The average Bonchev–Trinajstić information content (AvgIpc) is 3.21. The van der Waals surface area contributed by atoms with Gasteiger partial charge < -0.3 is 10.1 Å². The number of carbonyl (C=O) groups is 1. The molecule has 0 unspecified atom stereocenters. The molecule has 25 heavy (non-hydrogen) atoms. The maximum absolute atomic E-state index is 10.7. The second-order valence-electron chi connectivity index (χ2n) is 5.50. The molecule has 0 aliphatic rings. The van der Waals surface area contributed by atoms with Gasteiger partial charge in [0.15, 0.2) is 5.16 Å². The summed E-state index contributed by atoms with van der Waals surface area (Å²) in [5, 5.41) is 11.5. The molecule has 2 N–H and O–H groups in total. The van der Waals surface area contributed by atoms with Crippen molar-refractivity contribution in [1.29, 1.82) is 0 Å². The van der Waals surface area contributed by atoms with Crippen molar-refractivity contribution in [2.45, 2.75) is 5.16 Å². The quantitative estimate of drug-likeness (QED) is 0.480. The van der Waals surface area contributed by atoms with Crippen molar-refractivity contribution in [3.63, 3.8) is 0 Å². The summed E-state index contributed by atoms with van der Waals surface area (Å²) in [7, 11) is 0. The molecule has 0 aliphatic carbocycles. The number of hydrogen-bond donors (Lipinski definition) is 2. The first-order valence-electron chi connectivity index (χ1n) is 7.68. The van der Waals surface area contributed by atoms with Gasteiger partial charge in [-0.15, -0.1) is 11.3 Å². The molecule has 4 rings (SSSR count). The fourth-order valence-corrected chi connectivity index (χ4v) is 4.22. The van der Waals surface area contributed by atoms with Gasteiger partial charge in [0.05, 0.1) is 11.3 Å². The summed E-state index contributed by atoms with van der Waals surface area (Å²) in [6, 6.07) is 18.7. The molecular weight excluding hydrogens is 352 g/mol. The van der Waals surface area contributed by atoms with E-state index in [1.165, 1.54) is 22.9 Å². The minimum absolute atomic E-state index is 0.00187. The summed E-state index contributed by atoms with van der Waals surface area (Å²) in [4.78, 5) is 19.3. The second kappa shape index (κ2) is 6.74. The highest BCUT2D eigenvalue weighted by atomic mass is 32.2. The van der Waals surface area contributed by atoms with Crippen LogP contribution in [0.25, 0.3) is 32.6 Å². The Morgan fingerprint density at radius 1 is 1.04 bits per heavy atom. The number of thioether (sulfide) groups is 1. The zero-order chi connectivity index (χ0) is 17.2. The number of carboxylic acid groups (broad SMARTS) is 1. The van der Waals surface area contributed by atoms with E-state index in [2.05, 4.69) is 51.7 Å². The fraction of sp³-hybridized carbons (Fsp3) is 0.0526. The summed E-state index contributed by atoms with van der Waals surface area (Å²) >= 11 is 2.76. The average molecular weight is 366 g/mol. The van der Waals surface area contributed by atoms with Crippen LogP contribution in [-0.4, -0.2) is 26.8 Å². The lowest BCUT2D eigenvalue weighted by Crippen LogP contribution is -1.97. The highest BCUT2D eigenvalue weighted by Crippen LogP contribution is 2.35. The highest BCUT2D eigenvalue weighted by molar-refractivity contribution is 7.99. The summed E-state index contributed by atoms with van der Waals surface area (Å²) in [6.07, 6.45) is 0. The van der Waals surface area contributed by atoms with Crippen molar-refractivity contribution in [1.82, 2.24) is 9.97 Å². The molecular formula is C19H14N2O2S2. The molecule has 0 aliphatic heterocycles. The number of aromatic amines is 1. The minimum Gasteiger partial charge on any atom is -0.481 e. The van der Waals surface area contributed by atoms with Crippen LogP contribution in [0.15, 0.2) is 65.1 Å². The summed E-state index contributed by atoms with van der Waals surface area (Å²) in [6.45, 7) is 0. The molecule has 0 saturated heterocycles. The number of nitrogens with one attached hydrogen (secondary N) is 1. The van der Waals surface area contributed by atoms with Gasteiger partial charge in [-0.3, -0.25) is 4.79 Å². The molecule has 4 aromatic rings. The first kappa shape index (κ1) is 15.9. The number of aliphatic carboxylic acids is 1. The SMILES string of the molecule is O=C(O)CSc1nc2scc(-c3ccc(-c4ccccc4)cc3)c2[nH]1. The predicted octanol–water partition coefficient (Wildman–Crippen LogP) is 5.14. The third-order valence-corrected chi connectivity index (χ3v) is 5.57. The van der Waals surface area contributed by atoms with Crippen molar-refractivity contribution >= 4 is 39.4 Å². The summed E-state index contributed by atoms with van der Waals surface area (Å²) < 4.78 is 0. The van der Waals surface area contributed by atoms with Crippen LogP contribution in [0.2, 0.25) is 0 Å². The Balaban J connectivity index is 1.64. The number of nitrogens with zero attached hydrogens (tertiary/aromatic N) is 1. The van der Waals surface area contributed by atoms with E-state index in [4.69, 9.17) is 5.11 Å². The molecule has 6 heteroatoms. The number of H-pyrrole nitrogens is 1. The molecule has 2 aromatic carbocycles. The van der Waals surface area contributed by atoms with E-state index >= 15 is 0 Å². The van der Waals surface area contributed by atoms with E-state index in [1.807, 2.05) is 18.2 Å². The van der Waals surface area contributed by atoms with Crippen LogP contribution >= 0.6 is 23.1 Å². The Morgan fingerprint density at radius 3 is 2.44 bits per heavy atom. The molecule has 2 heterocycles. The van der Waals surface area contributed by atoms with Gasteiger partial charge in [-0.1, -0.05) is 66.4 Å². The Morgan fingerprint density at radius 2 is 1.72 bits per heavy atom. The predicted molar refractivity (Wildman–Crippen MR) is 103 cm³/mol. The molecule has 124 valence electrons. The first-order valence-corrected chi connectivity index (χ1v) is 9.55. The molecule has 2 aromatic heterocycles. The third-order valence-electron chi connectivity index (χ3n) is 3.84. The van der Waals surface area contributed by atoms with Gasteiger partial charge in [0.1, 0.15) is 4.83 Å². The van der Waals surface area contributed by atoms with Crippen LogP contribution in [0.4, 0.5) is 0 Å². The third kappa shape index (κ3) is 3.31. The monoisotopic (exact) mass is 366 g/mol. The Hall–Kier alpha value is -2.57. The first-order chi connectivity index (χ1) is 12.2. The number of carboxylic acids is 1. The molecule has 0 spiro atoms. The maximum Gasteiger partial charge on any atom is 0.313 e. The van der Waals surface area contributed by atoms with Crippen LogP contribution in [-0.2, 0) is 4.79 Å². The standard InChI is InChI=1S/C19H14N2O2S2/c22-16(23)11-25-19-20-17-15(10-24-18(17)21-19)14-8-6-13(7-9-14)12-4-2-1-3-5-12/h1-10H,11H2,(H,20,21)(H,22,23). The molecule has 0 bridgehead atoms. The van der Waals surface area contributed by atoms with Gasteiger partial charge in [0, 0.05) is 10.9 Å². The molecule has 0 saturated carbocycles. The van der Waals surface area contributed by atoms with Crippen molar-refractivity contribution in [3.05, 3.63) is 60.0 Å². The van der Waals surface area contributed by atoms with Gasteiger partial charge in [-0.25, -0.2) is 4.98 Å². The molecule has 4 nitrogen and oxygen atoms in total. The lowest BCUT2D eigenvalue weighted by molar-refractivity contribution is -0.133. The van der Waals surface area contributed by atoms with Crippen LogP contribution in [0.5, 0.6) is 0 Å².